The van der Waals surface area contributed by atoms with E-state index in [4.69, 9.17) is 10.1 Å². The predicted octanol–water partition coefficient (Wildman–Crippen LogP) is 5.20. The van der Waals surface area contributed by atoms with E-state index in [1.54, 1.807) is 23.9 Å². The Balaban J connectivity index is 1.29. The predicted molar refractivity (Wildman–Crippen MR) is 184 cm³/mol. The van der Waals surface area contributed by atoms with Gasteiger partial charge in [-0.05, 0) is 36.6 Å². The maximum atomic E-state index is 14.9. The molecule has 1 N–H and O–H groups in total. The zero-order valence-corrected chi connectivity index (χ0v) is 31.5. The van der Waals surface area contributed by atoms with E-state index < -0.39 is 39.0 Å². The van der Waals surface area contributed by atoms with Gasteiger partial charge in [-0.15, -0.1) is 14.1 Å². The van der Waals surface area contributed by atoms with Gasteiger partial charge >= 0.3 is 10.0 Å². The summed E-state index contributed by atoms with van der Waals surface area (Å²) < 4.78 is 64.0. The Morgan fingerprint density at radius 2 is 1.84 bits per heavy atom. The molecule has 4 aliphatic rings. The van der Waals surface area contributed by atoms with E-state index in [2.05, 4.69) is 39.8 Å². The van der Waals surface area contributed by atoms with E-state index in [1.165, 1.54) is 0 Å². The van der Waals surface area contributed by atoms with Gasteiger partial charge in [-0.1, -0.05) is 44.8 Å². The first-order chi connectivity index (χ1) is 23.0. The van der Waals surface area contributed by atoms with Crippen LogP contribution in [-0.2, 0) is 33.1 Å². The summed E-state index contributed by atoms with van der Waals surface area (Å²) in [6.07, 6.45) is 0.270. The second-order valence-electron chi connectivity index (χ2n) is 15.6. The molecular formula is C32H45F2N8O4S2Si+. The summed E-state index contributed by atoms with van der Waals surface area (Å²) in [5, 5.41) is 21.5. The van der Waals surface area contributed by atoms with Crippen LogP contribution in [0, 0.1) is 11.3 Å². The van der Waals surface area contributed by atoms with E-state index in [9.17, 15) is 22.0 Å². The highest BCUT2D eigenvalue weighted by Crippen LogP contribution is 2.65. The van der Waals surface area contributed by atoms with Crippen LogP contribution < -0.4 is 0 Å². The summed E-state index contributed by atoms with van der Waals surface area (Å²) >= 11 is 0.735. The molecule has 3 aliphatic heterocycles. The molecule has 2 aromatic heterocycles. The van der Waals surface area contributed by atoms with Crippen molar-refractivity contribution in [3.63, 3.8) is 0 Å². The summed E-state index contributed by atoms with van der Waals surface area (Å²) in [6, 6.07) is 4.31. The molecule has 1 aliphatic carbocycles. The van der Waals surface area contributed by atoms with Crippen LogP contribution in [-0.4, -0.2) is 106 Å². The summed E-state index contributed by atoms with van der Waals surface area (Å²) in [4.78, 5) is 17.4. The highest BCUT2D eigenvalue weighted by molar-refractivity contribution is 7.86. The number of likely N-dealkylation sites (tertiary alicyclic amines) is 1. The molecule has 7 rings (SSSR count). The van der Waals surface area contributed by atoms with Crippen molar-refractivity contribution in [3.8, 4) is 10.7 Å². The summed E-state index contributed by atoms with van der Waals surface area (Å²) in [5.74, 6) is 0.229. The number of nitrogens with one attached hydrogen (secondary N) is 1. The van der Waals surface area contributed by atoms with Gasteiger partial charge in [0.05, 0.1) is 12.1 Å². The summed E-state index contributed by atoms with van der Waals surface area (Å²) in [5.41, 5.74) is 0.924. The van der Waals surface area contributed by atoms with Gasteiger partial charge in [0.2, 0.25) is 18.2 Å². The molecule has 3 aromatic rings. The van der Waals surface area contributed by atoms with Gasteiger partial charge in [-0.25, -0.2) is 14.2 Å². The molecule has 0 radical (unpaired) electrons. The summed E-state index contributed by atoms with van der Waals surface area (Å²) in [6.45, 7) is 12.6. The molecule has 5 heterocycles. The molecule has 2 bridgehead atoms. The van der Waals surface area contributed by atoms with Crippen LogP contribution >= 0.6 is 11.3 Å². The van der Waals surface area contributed by atoms with Crippen LogP contribution in [0.4, 0.5) is 8.78 Å². The standard InChI is InChI=1S/C32H45F2N8O4S2Si/c1-19(2)30(43)41-21-7-8-22(41)17-40(16-21)15-20-13-23(14-24-25(38-39(3)26(20)24)28-36-37-29(47-28)27(33)34)48(44,45)42(31(35)32(42)9-10-32)18-46-11-12-49(4,5)6/h13-14,19,21-22,27,35H,7-12,15-18H2,1-6H3/q+1. The molecule has 49 heavy (non-hydrogen) atoms. The maximum Gasteiger partial charge on any atom is 0.336 e. The van der Waals surface area contributed by atoms with Gasteiger partial charge in [0.25, 0.3) is 12.3 Å². The molecule has 1 aromatic carbocycles. The number of quaternary nitrogens is 1. The lowest BCUT2D eigenvalue weighted by Gasteiger charge is -2.42. The van der Waals surface area contributed by atoms with Gasteiger partial charge < -0.3 is 9.64 Å². The van der Waals surface area contributed by atoms with Crippen molar-refractivity contribution in [2.75, 3.05) is 26.4 Å². The Labute approximate surface area is 290 Å². The van der Waals surface area contributed by atoms with Crippen LogP contribution in [0.2, 0.25) is 25.7 Å². The number of amidine groups is 1. The Morgan fingerprint density at radius 1 is 1.16 bits per heavy atom. The first kappa shape index (κ1) is 34.7. The number of aryl methyl sites for hydroxylation is 1. The minimum Gasteiger partial charge on any atom is -0.334 e. The molecule has 1 amide bonds. The number of alkyl halides is 2. The Kier molecular flexibility index (Phi) is 8.46. The van der Waals surface area contributed by atoms with Crippen molar-refractivity contribution in [2.24, 2.45) is 13.0 Å². The van der Waals surface area contributed by atoms with Crippen LogP contribution in [0.25, 0.3) is 21.6 Å². The minimum absolute atomic E-state index is 0.0433. The molecule has 3 atom stereocenters. The lowest BCUT2D eigenvalue weighted by atomic mass is 10.1. The zero-order chi connectivity index (χ0) is 35.3. The fraction of sp³-hybridized carbons (Fsp3) is 0.656. The van der Waals surface area contributed by atoms with Gasteiger partial charge in [0.15, 0.2) is 10.0 Å². The molecule has 266 valence electrons. The second kappa shape index (κ2) is 11.9. The second-order valence-corrected chi connectivity index (χ2v) is 24.3. The van der Waals surface area contributed by atoms with Crippen LogP contribution in [0.15, 0.2) is 17.0 Å². The lowest BCUT2D eigenvalue weighted by Crippen LogP contribution is -2.56. The Hall–Kier alpha value is -2.70. The number of amides is 1. The van der Waals surface area contributed by atoms with Gasteiger partial charge in [0, 0.05) is 71.0 Å². The molecule has 12 nitrogen and oxygen atoms in total. The lowest BCUT2D eigenvalue weighted by molar-refractivity contribution is -0.673. The Morgan fingerprint density at radius 3 is 2.39 bits per heavy atom. The third-order valence-electron chi connectivity index (χ3n) is 10.7. The SMILES string of the molecule is CC(C)C(=O)N1C2CCC1CN(Cc1cc(S(=O)(=O)[N+]3(COCC[Si](C)(C)C)C(=N)C34CC4)cc3c(-c4nnc(C(F)F)s4)nn(C)c13)C2. The fourth-order valence-corrected chi connectivity index (χ4v) is 11.6. The number of hydrogen-bond donors (Lipinski definition) is 1. The monoisotopic (exact) mass is 735 g/mol. The molecule has 3 unspecified atom stereocenters. The highest BCUT2D eigenvalue weighted by atomic mass is 32.2. The average Bonchev–Trinajstić information content (AvgIpc) is 3.69. The van der Waals surface area contributed by atoms with E-state index in [1.807, 2.05) is 18.7 Å². The smallest absolute Gasteiger partial charge is 0.334 e. The average molecular weight is 736 g/mol. The third kappa shape index (κ3) is 5.59. The number of rotatable bonds is 12. The van der Waals surface area contributed by atoms with Crippen molar-refractivity contribution < 1.29 is 30.6 Å². The normalized spacial score (nSPS) is 25.0. The van der Waals surface area contributed by atoms with Crippen LogP contribution in [0.3, 0.4) is 0 Å². The number of benzene rings is 1. The third-order valence-corrected chi connectivity index (χ3v) is 15.6. The van der Waals surface area contributed by atoms with Crippen molar-refractivity contribution >= 4 is 52.1 Å². The maximum absolute atomic E-state index is 14.9. The first-order valence-electron chi connectivity index (χ1n) is 17.0. The van der Waals surface area contributed by atoms with E-state index in [-0.39, 0.29) is 52.1 Å². The Bertz CT molecular complexity index is 1930. The number of carbonyl (C=O) groups is 1. The molecular weight excluding hydrogens is 691 g/mol. The number of halogens is 2. The minimum atomic E-state index is -4.19. The van der Waals surface area contributed by atoms with Crippen molar-refractivity contribution in [1.29, 1.82) is 5.41 Å². The van der Waals surface area contributed by atoms with Gasteiger partial charge in [-0.3, -0.25) is 14.4 Å². The van der Waals surface area contributed by atoms with Gasteiger partial charge in [0.1, 0.15) is 10.6 Å². The van der Waals surface area contributed by atoms with Crippen molar-refractivity contribution in [2.45, 2.75) is 101 Å². The number of fused-ring (bicyclic) bond motifs is 3. The number of carbonyl (C=O) groups excluding carboxylic acids is 1. The molecule has 4 fully saturated rings. The summed E-state index contributed by atoms with van der Waals surface area (Å²) in [7, 11) is -3.87. The van der Waals surface area contributed by atoms with Crippen LogP contribution in [0.5, 0.6) is 0 Å². The first-order valence-corrected chi connectivity index (χ1v) is 22.9. The highest BCUT2D eigenvalue weighted by Gasteiger charge is 2.90. The van der Waals surface area contributed by atoms with E-state index >= 15 is 0 Å². The van der Waals surface area contributed by atoms with E-state index in [0.717, 1.165) is 35.8 Å². The number of sulfonamides is 1. The van der Waals surface area contributed by atoms with Crippen molar-refractivity contribution in [1.82, 2.24) is 29.8 Å². The fourth-order valence-electron chi connectivity index (χ4n) is 7.90. The molecule has 3 saturated heterocycles. The number of hydrogen-bond acceptors (Lipinski definition) is 10. The zero-order valence-electron chi connectivity index (χ0n) is 28.9. The van der Waals surface area contributed by atoms with E-state index in [0.29, 0.717) is 50.0 Å². The topological polar surface area (TPSA) is 134 Å². The quantitative estimate of drug-likeness (QED) is 0.116. The molecule has 17 heteroatoms. The number of piperazine rings is 1. The van der Waals surface area contributed by atoms with Crippen molar-refractivity contribution in [3.05, 3.63) is 22.7 Å². The molecule has 1 spiro atoms. The number of nitrogens with zero attached hydrogens (tertiary/aromatic N) is 7. The van der Waals surface area contributed by atoms with Crippen LogP contribution in [0.1, 0.15) is 56.5 Å². The largest absolute Gasteiger partial charge is 0.336 e. The number of aromatic nitrogens is 4. The van der Waals surface area contributed by atoms with Gasteiger partial charge in [-0.2, -0.15) is 13.5 Å². The number of ether oxygens (including phenoxy) is 1. The molecule has 1 saturated carbocycles.